The van der Waals surface area contributed by atoms with Crippen LogP contribution in [0.2, 0.25) is 0 Å². The van der Waals surface area contributed by atoms with E-state index in [1.807, 2.05) is 65.4 Å². The molecule has 4 aromatic rings. The maximum Gasteiger partial charge on any atom is 0.335 e. The molecule has 1 saturated heterocycles. The number of nitrogens with one attached hydrogen (secondary N) is 1. The molecule has 1 aliphatic heterocycles. The number of nitrogens with zero attached hydrogens (tertiary/aromatic N) is 4. The van der Waals surface area contributed by atoms with E-state index in [4.69, 9.17) is 12.2 Å². The first-order valence-electron chi connectivity index (χ1n) is 10.5. The molecule has 1 aromatic carbocycles. The Morgan fingerprint density at radius 2 is 1.82 bits per heavy atom. The number of carboxylic acid groups (broad SMARTS) is 1. The summed E-state index contributed by atoms with van der Waals surface area (Å²) in [6, 6.07) is 22.2. The highest BCUT2D eigenvalue weighted by atomic mass is 32.1. The van der Waals surface area contributed by atoms with E-state index in [0.717, 1.165) is 22.8 Å². The van der Waals surface area contributed by atoms with Crippen molar-refractivity contribution in [3.63, 3.8) is 0 Å². The van der Waals surface area contributed by atoms with Gasteiger partial charge in [0, 0.05) is 30.0 Å². The lowest BCUT2D eigenvalue weighted by Crippen LogP contribution is -2.30. The summed E-state index contributed by atoms with van der Waals surface area (Å²) in [7, 11) is 0. The van der Waals surface area contributed by atoms with Crippen molar-refractivity contribution in [2.75, 3.05) is 0 Å². The minimum Gasteiger partial charge on any atom is -0.478 e. The van der Waals surface area contributed by atoms with Gasteiger partial charge in [0.25, 0.3) is 0 Å². The Hall–Kier alpha value is -4.04. The van der Waals surface area contributed by atoms with E-state index < -0.39 is 5.97 Å². The number of hydrogen-bond donors (Lipinski definition) is 2. The van der Waals surface area contributed by atoms with E-state index in [1.54, 1.807) is 30.6 Å². The van der Waals surface area contributed by atoms with E-state index in [0.29, 0.717) is 11.7 Å². The van der Waals surface area contributed by atoms with Gasteiger partial charge in [-0.25, -0.2) is 4.79 Å². The fourth-order valence-corrected chi connectivity index (χ4v) is 4.53. The van der Waals surface area contributed by atoms with Crippen LogP contribution in [0.5, 0.6) is 0 Å². The molecule has 0 saturated carbocycles. The first kappa shape index (κ1) is 20.8. The number of carbonyl (C=O) groups is 1. The lowest BCUT2D eigenvalue weighted by Gasteiger charge is -2.28. The van der Waals surface area contributed by atoms with Crippen LogP contribution in [0, 0.1) is 0 Å². The van der Waals surface area contributed by atoms with Crippen molar-refractivity contribution in [1.82, 2.24) is 24.8 Å². The number of carboxylic acids is 1. The quantitative estimate of drug-likeness (QED) is 0.423. The summed E-state index contributed by atoms with van der Waals surface area (Å²) >= 11 is 5.75. The highest BCUT2D eigenvalue weighted by Crippen LogP contribution is 2.40. The van der Waals surface area contributed by atoms with Crippen LogP contribution in [0.1, 0.15) is 39.5 Å². The average Bonchev–Trinajstić information content (AvgIpc) is 3.45. The number of pyridine rings is 2. The fraction of sp³-hybridized carbons (Fsp3) is 0.120. The molecular weight excluding hydrogens is 434 g/mol. The lowest BCUT2D eigenvalue weighted by atomic mass is 10.0. The molecule has 2 unspecified atom stereocenters. The normalized spacial score (nSPS) is 17.7. The van der Waals surface area contributed by atoms with Crippen LogP contribution in [0.25, 0.3) is 5.69 Å². The molecule has 0 aliphatic carbocycles. The molecule has 1 aliphatic rings. The average molecular weight is 456 g/mol. The Balaban J connectivity index is 1.61. The lowest BCUT2D eigenvalue weighted by molar-refractivity contribution is 0.0697. The Bertz CT molecular complexity index is 1290. The second-order valence-electron chi connectivity index (χ2n) is 7.73. The summed E-state index contributed by atoms with van der Waals surface area (Å²) in [5, 5.41) is 13.5. The molecule has 0 spiro atoms. The zero-order valence-electron chi connectivity index (χ0n) is 17.6. The third-order valence-electron chi connectivity index (χ3n) is 5.71. The summed E-state index contributed by atoms with van der Waals surface area (Å²) in [5.41, 5.74) is 3.75. The maximum atomic E-state index is 11.5. The van der Waals surface area contributed by atoms with Crippen LogP contribution in [-0.2, 0) is 6.54 Å². The van der Waals surface area contributed by atoms with Gasteiger partial charge in [0.1, 0.15) is 0 Å². The van der Waals surface area contributed by atoms with Crippen molar-refractivity contribution in [3.8, 4) is 5.69 Å². The monoisotopic (exact) mass is 455 g/mol. The first-order chi connectivity index (χ1) is 16.1. The van der Waals surface area contributed by atoms with E-state index in [2.05, 4.69) is 20.2 Å². The Kier molecular flexibility index (Phi) is 5.58. The van der Waals surface area contributed by atoms with Crippen LogP contribution < -0.4 is 5.32 Å². The molecule has 0 radical (unpaired) electrons. The highest BCUT2D eigenvalue weighted by molar-refractivity contribution is 7.80. The van der Waals surface area contributed by atoms with Gasteiger partial charge in [-0.05, 0) is 66.8 Å². The van der Waals surface area contributed by atoms with Crippen LogP contribution >= 0.6 is 12.2 Å². The van der Waals surface area contributed by atoms with Gasteiger partial charge in [0.2, 0.25) is 0 Å². The van der Waals surface area contributed by atoms with Crippen molar-refractivity contribution >= 4 is 23.3 Å². The third kappa shape index (κ3) is 4.08. The summed E-state index contributed by atoms with van der Waals surface area (Å²) in [4.78, 5) is 22.7. The Morgan fingerprint density at radius 1 is 1.00 bits per heavy atom. The molecule has 33 heavy (non-hydrogen) atoms. The molecule has 3 aromatic heterocycles. The van der Waals surface area contributed by atoms with Gasteiger partial charge in [0.15, 0.2) is 5.11 Å². The van der Waals surface area contributed by atoms with Crippen molar-refractivity contribution in [3.05, 3.63) is 114 Å². The molecule has 0 bridgehead atoms. The number of rotatable bonds is 6. The number of thiocarbonyl (C=S) groups is 1. The standard InChI is InChI=1S/C25H21N5O2S/c31-24(32)17-7-5-9-19(15-17)29-14-6-11-21(29)23-22(20-10-2-4-13-27-20)28-25(33)30(23)16-18-8-1-3-12-26-18/h1-15,22-23H,16H2,(H,28,33)(H,31,32). The van der Waals surface area contributed by atoms with Gasteiger partial charge in [-0.15, -0.1) is 0 Å². The van der Waals surface area contributed by atoms with Gasteiger partial charge in [-0.1, -0.05) is 18.2 Å². The third-order valence-corrected chi connectivity index (χ3v) is 6.06. The smallest absolute Gasteiger partial charge is 0.335 e. The summed E-state index contributed by atoms with van der Waals surface area (Å²) in [6.45, 7) is 0.529. The van der Waals surface area contributed by atoms with Crippen molar-refractivity contribution in [2.45, 2.75) is 18.6 Å². The molecule has 1 fully saturated rings. The zero-order chi connectivity index (χ0) is 22.8. The van der Waals surface area contributed by atoms with Gasteiger partial charge in [0.05, 0.1) is 35.6 Å². The topological polar surface area (TPSA) is 83.3 Å². The maximum absolute atomic E-state index is 11.5. The van der Waals surface area contributed by atoms with Crippen LogP contribution in [0.3, 0.4) is 0 Å². The number of benzene rings is 1. The molecule has 5 rings (SSSR count). The summed E-state index contributed by atoms with van der Waals surface area (Å²) < 4.78 is 2.01. The molecule has 2 N–H and O–H groups in total. The predicted octanol–water partition coefficient (Wildman–Crippen LogP) is 4.14. The highest BCUT2D eigenvalue weighted by Gasteiger charge is 2.41. The van der Waals surface area contributed by atoms with Gasteiger partial charge in [-0.2, -0.15) is 0 Å². The molecule has 2 atom stereocenters. The largest absolute Gasteiger partial charge is 0.478 e. The second kappa shape index (κ2) is 8.84. The SMILES string of the molecule is O=C(O)c1cccc(-n2cccc2C2C(c3ccccn3)NC(=S)N2Cc2ccccn2)c1. The summed E-state index contributed by atoms with van der Waals surface area (Å²) in [5.74, 6) is -0.961. The van der Waals surface area contributed by atoms with Crippen LogP contribution in [0.4, 0.5) is 0 Å². The molecule has 0 amide bonds. The number of hydrogen-bond acceptors (Lipinski definition) is 4. The van der Waals surface area contributed by atoms with E-state index >= 15 is 0 Å². The first-order valence-corrected chi connectivity index (χ1v) is 10.9. The van der Waals surface area contributed by atoms with Gasteiger partial charge >= 0.3 is 5.97 Å². The molecule has 8 heteroatoms. The van der Waals surface area contributed by atoms with Crippen LogP contribution in [-0.4, -0.2) is 35.6 Å². The van der Waals surface area contributed by atoms with E-state index in [-0.39, 0.29) is 17.6 Å². The Morgan fingerprint density at radius 3 is 2.55 bits per heavy atom. The van der Waals surface area contributed by atoms with E-state index in [9.17, 15) is 9.90 Å². The number of aromatic carboxylic acids is 1. The van der Waals surface area contributed by atoms with Gasteiger partial charge < -0.3 is 19.9 Å². The summed E-state index contributed by atoms with van der Waals surface area (Å²) in [6.07, 6.45) is 5.48. The number of aromatic nitrogens is 3. The molecule has 4 heterocycles. The molecule has 7 nitrogen and oxygen atoms in total. The van der Waals surface area contributed by atoms with E-state index in [1.165, 1.54) is 0 Å². The van der Waals surface area contributed by atoms with Crippen molar-refractivity contribution in [2.24, 2.45) is 0 Å². The Labute approximate surface area is 196 Å². The zero-order valence-corrected chi connectivity index (χ0v) is 18.4. The minimum absolute atomic E-state index is 0.182. The van der Waals surface area contributed by atoms with Crippen LogP contribution in [0.15, 0.2) is 91.4 Å². The minimum atomic E-state index is -0.961. The van der Waals surface area contributed by atoms with Crippen molar-refractivity contribution in [1.29, 1.82) is 0 Å². The molecular formula is C25H21N5O2S. The van der Waals surface area contributed by atoms with Gasteiger partial charge in [-0.3, -0.25) is 9.97 Å². The predicted molar refractivity (Wildman–Crippen MR) is 128 cm³/mol. The second-order valence-corrected chi connectivity index (χ2v) is 8.12. The fourth-order valence-electron chi connectivity index (χ4n) is 4.22. The van der Waals surface area contributed by atoms with Crippen molar-refractivity contribution < 1.29 is 9.90 Å². The molecule has 164 valence electrons.